The predicted octanol–water partition coefficient (Wildman–Crippen LogP) is 1.52. The Balaban J connectivity index is 2.48. The second-order valence-electron chi connectivity index (χ2n) is 3.71. The molecule has 102 valence electrons. The summed E-state index contributed by atoms with van der Waals surface area (Å²) in [7, 11) is 0. The Labute approximate surface area is 116 Å². The van der Waals surface area contributed by atoms with Gasteiger partial charge in [-0.15, -0.1) is 0 Å². The second kappa shape index (κ2) is 8.44. The molecule has 0 bridgehead atoms. The van der Waals surface area contributed by atoms with Crippen LogP contribution < -0.4 is 11.1 Å². The van der Waals surface area contributed by atoms with E-state index >= 15 is 0 Å². The number of oxazole rings is 1. The van der Waals surface area contributed by atoms with E-state index in [1.165, 1.54) is 6.26 Å². The molecule has 1 heterocycles. The van der Waals surface area contributed by atoms with Crippen molar-refractivity contribution in [3.05, 3.63) is 17.8 Å². The molecular formula is C11H19N3O2S2. The molecular weight excluding hydrogens is 270 g/mol. The first-order chi connectivity index (χ1) is 8.69. The zero-order valence-electron chi connectivity index (χ0n) is 10.6. The third-order valence-corrected chi connectivity index (χ3v) is 3.55. The number of thioether (sulfide) groups is 2. The minimum absolute atomic E-state index is 0.212. The van der Waals surface area contributed by atoms with Crippen molar-refractivity contribution < 1.29 is 9.21 Å². The smallest absolute Gasteiger partial charge is 0.273 e. The first-order valence-electron chi connectivity index (χ1n) is 5.66. The first-order valence-corrected chi connectivity index (χ1v) is 8.45. The van der Waals surface area contributed by atoms with Crippen molar-refractivity contribution in [2.45, 2.75) is 12.5 Å². The molecule has 0 aliphatic carbocycles. The van der Waals surface area contributed by atoms with E-state index in [4.69, 9.17) is 10.2 Å². The van der Waals surface area contributed by atoms with Crippen LogP contribution in [0.25, 0.3) is 0 Å². The van der Waals surface area contributed by atoms with Gasteiger partial charge in [0.2, 0.25) is 5.89 Å². The van der Waals surface area contributed by atoms with Crippen LogP contribution in [0.15, 0.2) is 10.7 Å². The van der Waals surface area contributed by atoms with Crippen molar-refractivity contribution >= 4 is 29.4 Å². The number of hydrogen-bond donors (Lipinski definition) is 2. The van der Waals surface area contributed by atoms with E-state index in [-0.39, 0.29) is 11.9 Å². The summed E-state index contributed by atoms with van der Waals surface area (Å²) in [5.41, 5.74) is 6.21. The van der Waals surface area contributed by atoms with Crippen LogP contribution in [-0.4, -0.2) is 41.5 Å². The van der Waals surface area contributed by atoms with E-state index in [9.17, 15) is 4.79 Å². The highest BCUT2D eigenvalue weighted by Crippen LogP contribution is 2.15. The zero-order valence-corrected chi connectivity index (χ0v) is 12.3. The Bertz CT molecular complexity index is 371. The highest BCUT2D eigenvalue weighted by atomic mass is 32.2. The summed E-state index contributed by atoms with van der Waals surface area (Å²) in [4.78, 5) is 15.8. The van der Waals surface area contributed by atoms with Crippen LogP contribution in [0.2, 0.25) is 0 Å². The maximum Gasteiger partial charge on any atom is 0.273 e. The second-order valence-corrected chi connectivity index (χ2v) is 5.68. The number of hydrogen-bond acceptors (Lipinski definition) is 6. The molecule has 7 heteroatoms. The van der Waals surface area contributed by atoms with Crippen molar-refractivity contribution in [1.29, 1.82) is 0 Å². The number of nitrogens with zero attached hydrogens (tertiary/aromatic N) is 1. The Morgan fingerprint density at radius 1 is 1.50 bits per heavy atom. The van der Waals surface area contributed by atoms with Gasteiger partial charge in [-0.1, -0.05) is 0 Å². The van der Waals surface area contributed by atoms with Gasteiger partial charge < -0.3 is 15.5 Å². The summed E-state index contributed by atoms with van der Waals surface area (Å²) in [6.45, 7) is 0.626. The Morgan fingerprint density at radius 2 is 2.22 bits per heavy atom. The van der Waals surface area contributed by atoms with E-state index in [0.717, 1.165) is 17.9 Å². The van der Waals surface area contributed by atoms with Gasteiger partial charge in [-0.3, -0.25) is 4.79 Å². The molecule has 0 saturated heterocycles. The molecule has 1 unspecified atom stereocenters. The largest absolute Gasteiger partial charge is 0.446 e. The average molecular weight is 289 g/mol. The lowest BCUT2D eigenvalue weighted by Gasteiger charge is -2.04. The van der Waals surface area contributed by atoms with Gasteiger partial charge in [0.15, 0.2) is 5.69 Å². The van der Waals surface area contributed by atoms with Crippen LogP contribution in [-0.2, 0) is 0 Å². The lowest BCUT2D eigenvalue weighted by atomic mass is 10.2. The number of carbonyl (C=O) groups is 1. The van der Waals surface area contributed by atoms with Gasteiger partial charge in [0.25, 0.3) is 5.91 Å². The van der Waals surface area contributed by atoms with Crippen molar-refractivity contribution in [3.8, 4) is 0 Å². The summed E-state index contributed by atoms with van der Waals surface area (Å²) in [6, 6.07) is -0.245. The van der Waals surface area contributed by atoms with Crippen molar-refractivity contribution in [3.63, 3.8) is 0 Å². The minimum atomic E-state index is -0.245. The van der Waals surface area contributed by atoms with Crippen LogP contribution >= 0.6 is 23.5 Å². The third-order valence-electron chi connectivity index (χ3n) is 2.30. The number of nitrogens with one attached hydrogen (secondary N) is 1. The normalized spacial score (nSPS) is 12.4. The third kappa shape index (κ3) is 4.91. The van der Waals surface area contributed by atoms with Gasteiger partial charge in [-0.2, -0.15) is 23.5 Å². The Hall–Kier alpha value is -0.660. The average Bonchev–Trinajstić information content (AvgIpc) is 2.85. The molecule has 18 heavy (non-hydrogen) atoms. The number of rotatable bonds is 8. The van der Waals surface area contributed by atoms with E-state index in [0.29, 0.717) is 18.1 Å². The van der Waals surface area contributed by atoms with Gasteiger partial charge in [0.05, 0.1) is 6.04 Å². The van der Waals surface area contributed by atoms with Crippen molar-refractivity contribution in [2.75, 3.05) is 30.6 Å². The molecule has 0 fully saturated rings. The van der Waals surface area contributed by atoms with E-state index in [1.807, 2.05) is 12.5 Å². The molecule has 3 N–H and O–H groups in total. The molecule has 0 aromatic carbocycles. The van der Waals surface area contributed by atoms with Crippen LogP contribution in [0.5, 0.6) is 0 Å². The van der Waals surface area contributed by atoms with Crippen molar-refractivity contribution in [1.82, 2.24) is 10.3 Å². The van der Waals surface area contributed by atoms with E-state index in [1.54, 1.807) is 23.5 Å². The summed E-state index contributed by atoms with van der Waals surface area (Å²) in [5, 5.41) is 2.77. The fourth-order valence-corrected chi connectivity index (χ4v) is 2.08. The van der Waals surface area contributed by atoms with Gasteiger partial charge in [-0.25, -0.2) is 4.98 Å². The van der Waals surface area contributed by atoms with Crippen LogP contribution in [0, 0.1) is 0 Å². The fourth-order valence-electron chi connectivity index (χ4n) is 1.29. The molecule has 0 aliphatic heterocycles. The molecule has 1 aromatic heterocycles. The number of carbonyl (C=O) groups excluding carboxylic acids is 1. The first kappa shape index (κ1) is 15.4. The SMILES string of the molecule is CSCCNC(=O)c1coc(C(N)CCSC)n1. The summed E-state index contributed by atoms with van der Waals surface area (Å²) >= 11 is 3.40. The molecule has 5 nitrogen and oxygen atoms in total. The molecule has 0 saturated carbocycles. The molecule has 0 aliphatic rings. The van der Waals surface area contributed by atoms with E-state index in [2.05, 4.69) is 10.3 Å². The summed E-state index contributed by atoms with van der Waals surface area (Å²) < 4.78 is 5.24. The number of nitrogens with two attached hydrogens (primary N) is 1. The topological polar surface area (TPSA) is 81.2 Å². The maximum absolute atomic E-state index is 11.7. The molecule has 0 spiro atoms. The standard InChI is InChI=1S/C11H19N3O2S2/c1-17-5-3-8(12)11-14-9(7-16-11)10(15)13-4-6-18-2/h7-8H,3-6,12H2,1-2H3,(H,13,15). The number of aromatic nitrogens is 1. The molecule has 1 rings (SSSR count). The quantitative estimate of drug-likeness (QED) is 0.706. The van der Waals surface area contributed by atoms with Crippen LogP contribution in [0.3, 0.4) is 0 Å². The maximum atomic E-state index is 11.7. The highest BCUT2D eigenvalue weighted by molar-refractivity contribution is 7.98. The molecule has 1 atom stereocenters. The molecule has 1 aromatic rings. The summed E-state index contributed by atoms with van der Waals surface area (Å²) in [6.07, 6.45) is 6.16. The number of amides is 1. The minimum Gasteiger partial charge on any atom is -0.446 e. The van der Waals surface area contributed by atoms with E-state index < -0.39 is 0 Å². The van der Waals surface area contributed by atoms with Crippen molar-refractivity contribution in [2.24, 2.45) is 5.73 Å². The zero-order chi connectivity index (χ0) is 13.4. The van der Waals surface area contributed by atoms with Gasteiger partial charge in [0, 0.05) is 12.3 Å². The monoisotopic (exact) mass is 289 g/mol. The lowest BCUT2D eigenvalue weighted by Crippen LogP contribution is -2.26. The Kier molecular flexibility index (Phi) is 7.22. The van der Waals surface area contributed by atoms with Crippen LogP contribution in [0.1, 0.15) is 28.8 Å². The van der Waals surface area contributed by atoms with Gasteiger partial charge >= 0.3 is 0 Å². The highest BCUT2D eigenvalue weighted by Gasteiger charge is 2.16. The fraction of sp³-hybridized carbons (Fsp3) is 0.636. The molecule has 1 amide bonds. The lowest BCUT2D eigenvalue weighted by molar-refractivity contribution is 0.0951. The molecule has 0 radical (unpaired) electrons. The van der Waals surface area contributed by atoms with Gasteiger partial charge in [0.1, 0.15) is 6.26 Å². The Morgan fingerprint density at radius 3 is 2.89 bits per heavy atom. The summed E-state index contributed by atoms with van der Waals surface area (Å²) in [5.74, 6) is 2.04. The predicted molar refractivity (Wildman–Crippen MR) is 77.1 cm³/mol. The van der Waals surface area contributed by atoms with Gasteiger partial charge in [-0.05, 0) is 24.7 Å². The van der Waals surface area contributed by atoms with Crippen LogP contribution in [0.4, 0.5) is 0 Å².